The molecule has 1 N–H and O–H groups in total. The first-order valence-corrected chi connectivity index (χ1v) is 6.32. The lowest BCUT2D eigenvalue weighted by molar-refractivity contribution is 0.125. The highest BCUT2D eigenvalue weighted by Crippen LogP contribution is 2.13. The lowest BCUT2D eigenvalue weighted by Gasteiger charge is -2.16. The van der Waals surface area contributed by atoms with Gasteiger partial charge in [0.1, 0.15) is 18.5 Å². The average molecular weight is 258 g/mol. The van der Waals surface area contributed by atoms with E-state index >= 15 is 0 Å². The summed E-state index contributed by atoms with van der Waals surface area (Å²) in [7, 11) is -4.44. The summed E-state index contributed by atoms with van der Waals surface area (Å²) < 4.78 is 39.1. The number of rotatable bonds is 7. The predicted octanol–water partition coefficient (Wildman–Crippen LogP) is 1.83. The van der Waals surface area contributed by atoms with Crippen molar-refractivity contribution in [1.29, 1.82) is 0 Å². The molecule has 0 amide bonds. The van der Waals surface area contributed by atoms with Crippen LogP contribution in [0.25, 0.3) is 0 Å². The molecule has 1 rings (SSSR count). The van der Waals surface area contributed by atoms with Gasteiger partial charge in [-0.15, -0.1) is 6.58 Å². The molecule has 0 aliphatic rings. The monoisotopic (exact) mass is 258 g/mol. The molecule has 0 aliphatic heterocycles. The van der Waals surface area contributed by atoms with Gasteiger partial charge < -0.3 is 4.74 Å². The molecule has 1 aromatic carbocycles. The Balaban J connectivity index is 2.57. The van der Waals surface area contributed by atoms with Crippen LogP contribution in [0.1, 0.15) is 6.42 Å². The van der Waals surface area contributed by atoms with Gasteiger partial charge in [0.15, 0.2) is 0 Å². The quantitative estimate of drug-likeness (QED) is 0.596. The van der Waals surface area contributed by atoms with Crippen molar-refractivity contribution in [3.8, 4) is 5.75 Å². The van der Waals surface area contributed by atoms with Crippen LogP contribution < -0.4 is 4.74 Å². The Morgan fingerprint density at radius 1 is 1.35 bits per heavy atom. The Bertz CT molecular complexity index is 440. The van der Waals surface area contributed by atoms with Crippen molar-refractivity contribution in [2.75, 3.05) is 6.61 Å². The van der Waals surface area contributed by atoms with Crippen molar-refractivity contribution >= 4 is 10.4 Å². The van der Waals surface area contributed by atoms with Crippen LogP contribution in [0.4, 0.5) is 0 Å². The first kappa shape index (κ1) is 13.7. The van der Waals surface area contributed by atoms with Crippen molar-refractivity contribution in [1.82, 2.24) is 0 Å². The van der Waals surface area contributed by atoms with E-state index in [0.717, 1.165) is 0 Å². The lowest BCUT2D eigenvalue weighted by atomic mass is 10.2. The molecule has 1 atom stereocenters. The van der Waals surface area contributed by atoms with E-state index in [2.05, 4.69) is 10.8 Å². The summed E-state index contributed by atoms with van der Waals surface area (Å²) in [6.45, 7) is 3.27. The standard InChI is InChI=1S/C11H14O5S/c1-2-6-11(9-15-17(12,13)14)16-10-7-4-3-5-8-10/h2-5,7-8,11H,1,6,9H2,(H,12,13,14). The summed E-state index contributed by atoms with van der Waals surface area (Å²) in [4.78, 5) is 0. The molecule has 0 fully saturated rings. The van der Waals surface area contributed by atoms with Gasteiger partial charge in [-0.3, -0.25) is 4.55 Å². The van der Waals surface area contributed by atoms with Gasteiger partial charge in [0, 0.05) is 6.42 Å². The molecule has 1 aromatic rings. The molecule has 94 valence electrons. The lowest BCUT2D eigenvalue weighted by Crippen LogP contribution is -2.24. The van der Waals surface area contributed by atoms with Crippen molar-refractivity contribution in [2.45, 2.75) is 12.5 Å². The number of hydrogen-bond acceptors (Lipinski definition) is 4. The molecule has 0 aliphatic carbocycles. The van der Waals surface area contributed by atoms with Crippen LogP contribution in [-0.4, -0.2) is 25.7 Å². The number of benzene rings is 1. The van der Waals surface area contributed by atoms with E-state index in [1.165, 1.54) is 0 Å². The van der Waals surface area contributed by atoms with Gasteiger partial charge in [0.05, 0.1) is 0 Å². The average Bonchev–Trinajstić information content (AvgIpc) is 2.27. The molecule has 0 saturated carbocycles. The van der Waals surface area contributed by atoms with Gasteiger partial charge in [-0.25, -0.2) is 4.18 Å². The molecule has 0 heterocycles. The largest absolute Gasteiger partial charge is 0.488 e. The maximum absolute atomic E-state index is 10.4. The van der Waals surface area contributed by atoms with E-state index in [1.54, 1.807) is 30.3 Å². The third kappa shape index (κ3) is 6.06. The zero-order chi connectivity index (χ0) is 12.7. The SMILES string of the molecule is C=CCC(COS(=O)(=O)O)Oc1ccccc1. The fourth-order valence-corrected chi connectivity index (χ4v) is 1.51. The third-order valence-electron chi connectivity index (χ3n) is 1.88. The van der Waals surface area contributed by atoms with Crippen molar-refractivity contribution in [2.24, 2.45) is 0 Å². The molecular weight excluding hydrogens is 244 g/mol. The summed E-state index contributed by atoms with van der Waals surface area (Å²) in [5, 5.41) is 0. The van der Waals surface area contributed by atoms with Gasteiger partial charge >= 0.3 is 10.4 Å². The maximum atomic E-state index is 10.4. The van der Waals surface area contributed by atoms with Crippen molar-refractivity contribution in [3.63, 3.8) is 0 Å². The second-order valence-electron chi connectivity index (χ2n) is 3.29. The van der Waals surface area contributed by atoms with Crippen LogP contribution >= 0.6 is 0 Å². The molecular formula is C11H14O5S. The van der Waals surface area contributed by atoms with Crippen LogP contribution in [0.3, 0.4) is 0 Å². The minimum Gasteiger partial charge on any atom is -0.488 e. The van der Waals surface area contributed by atoms with Gasteiger partial charge in [-0.1, -0.05) is 24.3 Å². The summed E-state index contributed by atoms with van der Waals surface area (Å²) in [6, 6.07) is 8.91. The fourth-order valence-electron chi connectivity index (χ4n) is 1.19. The summed E-state index contributed by atoms with van der Waals surface area (Å²) in [5.41, 5.74) is 0. The van der Waals surface area contributed by atoms with Gasteiger partial charge in [-0.2, -0.15) is 8.42 Å². The second-order valence-corrected chi connectivity index (χ2v) is 4.38. The van der Waals surface area contributed by atoms with Gasteiger partial charge in [-0.05, 0) is 12.1 Å². The smallest absolute Gasteiger partial charge is 0.397 e. The Kier molecular flexibility index (Phi) is 5.14. The number of ether oxygens (including phenoxy) is 1. The topological polar surface area (TPSA) is 72.8 Å². The van der Waals surface area contributed by atoms with Crippen LogP contribution in [0, 0.1) is 0 Å². The van der Waals surface area contributed by atoms with E-state index in [0.29, 0.717) is 12.2 Å². The van der Waals surface area contributed by atoms with Crippen LogP contribution in [0.2, 0.25) is 0 Å². The zero-order valence-electron chi connectivity index (χ0n) is 9.15. The van der Waals surface area contributed by atoms with Crippen LogP contribution in [-0.2, 0) is 14.6 Å². The second kappa shape index (κ2) is 6.39. The fraction of sp³-hybridized carbons (Fsp3) is 0.273. The Hall–Kier alpha value is -1.37. The normalized spacial score (nSPS) is 13.0. The van der Waals surface area contributed by atoms with Crippen molar-refractivity contribution in [3.05, 3.63) is 43.0 Å². The van der Waals surface area contributed by atoms with E-state index in [1.807, 2.05) is 6.07 Å². The first-order chi connectivity index (χ1) is 8.01. The van der Waals surface area contributed by atoms with Crippen molar-refractivity contribution < 1.29 is 21.9 Å². The Labute approximate surface area is 101 Å². The molecule has 0 bridgehead atoms. The predicted molar refractivity (Wildman–Crippen MR) is 63.2 cm³/mol. The van der Waals surface area contributed by atoms with E-state index < -0.39 is 16.5 Å². The molecule has 0 saturated heterocycles. The molecule has 1 unspecified atom stereocenters. The maximum Gasteiger partial charge on any atom is 0.397 e. The highest BCUT2D eigenvalue weighted by atomic mass is 32.3. The van der Waals surface area contributed by atoms with Crippen LogP contribution in [0.5, 0.6) is 5.75 Å². The molecule has 5 nitrogen and oxygen atoms in total. The minimum absolute atomic E-state index is 0.264. The molecule has 0 aromatic heterocycles. The molecule has 0 spiro atoms. The minimum atomic E-state index is -4.44. The highest BCUT2D eigenvalue weighted by Gasteiger charge is 2.14. The van der Waals surface area contributed by atoms with Gasteiger partial charge in [0.2, 0.25) is 0 Å². The third-order valence-corrected chi connectivity index (χ3v) is 2.31. The van der Waals surface area contributed by atoms with E-state index in [9.17, 15) is 8.42 Å². The van der Waals surface area contributed by atoms with E-state index in [4.69, 9.17) is 9.29 Å². The van der Waals surface area contributed by atoms with Gasteiger partial charge in [0.25, 0.3) is 0 Å². The highest BCUT2D eigenvalue weighted by molar-refractivity contribution is 7.80. The Morgan fingerprint density at radius 2 is 2.00 bits per heavy atom. The number of hydrogen-bond donors (Lipinski definition) is 1. The summed E-state index contributed by atoms with van der Waals surface area (Å²) in [6.07, 6.45) is 1.47. The number of para-hydroxylation sites is 1. The molecule has 6 heteroatoms. The first-order valence-electron chi connectivity index (χ1n) is 4.95. The molecule has 17 heavy (non-hydrogen) atoms. The summed E-state index contributed by atoms with van der Waals surface area (Å²) in [5.74, 6) is 0.596. The Morgan fingerprint density at radius 3 is 2.53 bits per heavy atom. The zero-order valence-corrected chi connectivity index (χ0v) is 9.97. The molecule has 0 radical (unpaired) electrons. The van der Waals surface area contributed by atoms with Crippen LogP contribution in [0.15, 0.2) is 43.0 Å². The van der Waals surface area contributed by atoms with E-state index in [-0.39, 0.29) is 6.61 Å². The summed E-state index contributed by atoms with van der Waals surface area (Å²) >= 11 is 0.